The van der Waals surface area contributed by atoms with Crippen LogP contribution in [0.4, 0.5) is 5.95 Å². The van der Waals surface area contributed by atoms with Gasteiger partial charge < -0.3 is 8.98 Å². The number of rotatable bonds is 2. The molecule has 0 radical (unpaired) electrons. The average Bonchev–Trinajstić information content (AvgIpc) is 2.73. The first kappa shape index (κ1) is 12.8. The van der Waals surface area contributed by atoms with Crippen molar-refractivity contribution < 1.29 is 9.21 Å². The molecule has 7 heteroatoms. The molecular weight excluding hydrogens is 300 g/mol. The third kappa shape index (κ3) is 2.05. The zero-order valence-electron chi connectivity index (χ0n) is 10.5. The Bertz CT molecular complexity index is 615. The van der Waals surface area contributed by atoms with Crippen LogP contribution >= 0.6 is 15.9 Å². The minimum atomic E-state index is -0.272. The third-order valence-corrected chi connectivity index (χ3v) is 3.69. The van der Waals surface area contributed by atoms with Gasteiger partial charge in [0.25, 0.3) is 5.91 Å². The van der Waals surface area contributed by atoms with Crippen LogP contribution in [0, 0.1) is 20.8 Å². The van der Waals surface area contributed by atoms with Gasteiger partial charge in [-0.25, -0.2) is 0 Å². The number of amides is 1. The van der Waals surface area contributed by atoms with Gasteiger partial charge in [-0.1, -0.05) is 0 Å². The van der Waals surface area contributed by atoms with Gasteiger partial charge in [0.05, 0.1) is 10.0 Å². The highest BCUT2D eigenvalue weighted by atomic mass is 79.9. The van der Waals surface area contributed by atoms with Crippen molar-refractivity contribution in [2.24, 2.45) is 7.05 Å². The van der Waals surface area contributed by atoms with Crippen LogP contribution in [-0.4, -0.2) is 20.7 Å². The quantitative estimate of drug-likeness (QED) is 0.923. The summed E-state index contributed by atoms with van der Waals surface area (Å²) in [5.41, 5.74) is 0.480. The lowest BCUT2D eigenvalue weighted by molar-refractivity contribution is 0.102. The number of furan rings is 1. The molecule has 0 aromatic carbocycles. The smallest absolute Gasteiger partial charge is 0.262 e. The fourth-order valence-corrected chi connectivity index (χ4v) is 2.14. The van der Waals surface area contributed by atoms with Crippen molar-refractivity contribution in [1.82, 2.24) is 14.8 Å². The topological polar surface area (TPSA) is 73.0 Å². The second-order valence-electron chi connectivity index (χ2n) is 3.99. The molecule has 1 N–H and O–H groups in total. The van der Waals surface area contributed by atoms with E-state index in [4.69, 9.17) is 4.42 Å². The molecule has 2 aromatic heterocycles. The van der Waals surface area contributed by atoms with E-state index in [1.807, 2.05) is 6.92 Å². The molecule has 0 saturated carbocycles. The minimum absolute atomic E-state index is 0.272. The predicted molar refractivity (Wildman–Crippen MR) is 69.6 cm³/mol. The maximum Gasteiger partial charge on any atom is 0.262 e. The number of halogens is 1. The van der Waals surface area contributed by atoms with Crippen LogP contribution in [0.2, 0.25) is 0 Å². The molecule has 2 aromatic rings. The molecule has 6 nitrogen and oxygen atoms in total. The molecule has 1 amide bonds. The van der Waals surface area contributed by atoms with E-state index >= 15 is 0 Å². The Morgan fingerprint density at radius 2 is 1.94 bits per heavy atom. The van der Waals surface area contributed by atoms with E-state index in [2.05, 4.69) is 31.4 Å². The fraction of sp³-hybridized carbons (Fsp3) is 0.364. The summed E-state index contributed by atoms with van der Waals surface area (Å²) in [4.78, 5) is 12.1. The molecule has 0 aliphatic rings. The van der Waals surface area contributed by atoms with Gasteiger partial charge in [0.1, 0.15) is 17.3 Å². The van der Waals surface area contributed by atoms with Crippen molar-refractivity contribution in [3.63, 3.8) is 0 Å². The number of aromatic nitrogens is 3. The van der Waals surface area contributed by atoms with E-state index < -0.39 is 0 Å². The van der Waals surface area contributed by atoms with Crippen molar-refractivity contribution in [2.75, 3.05) is 5.32 Å². The lowest BCUT2D eigenvalue weighted by Gasteiger charge is -2.04. The zero-order chi connectivity index (χ0) is 13.4. The fourth-order valence-electron chi connectivity index (χ4n) is 1.60. The summed E-state index contributed by atoms with van der Waals surface area (Å²) in [5.74, 6) is 2.10. The highest BCUT2D eigenvalue weighted by Gasteiger charge is 2.21. The van der Waals surface area contributed by atoms with Crippen LogP contribution in [0.15, 0.2) is 8.89 Å². The van der Waals surface area contributed by atoms with Gasteiger partial charge in [-0.05, 0) is 36.7 Å². The highest BCUT2D eigenvalue weighted by Crippen LogP contribution is 2.27. The summed E-state index contributed by atoms with van der Waals surface area (Å²) >= 11 is 3.34. The average molecular weight is 313 g/mol. The van der Waals surface area contributed by atoms with Gasteiger partial charge in [-0.3, -0.25) is 10.1 Å². The number of carbonyl (C=O) groups excluding carboxylic acids is 1. The van der Waals surface area contributed by atoms with Gasteiger partial charge in [0, 0.05) is 7.05 Å². The number of carbonyl (C=O) groups is 1. The maximum atomic E-state index is 12.1. The molecule has 2 heterocycles. The lowest BCUT2D eigenvalue weighted by Crippen LogP contribution is -2.16. The Morgan fingerprint density at radius 1 is 1.28 bits per heavy atom. The van der Waals surface area contributed by atoms with E-state index in [1.54, 1.807) is 25.5 Å². The molecule has 18 heavy (non-hydrogen) atoms. The monoisotopic (exact) mass is 312 g/mol. The largest absolute Gasteiger partial charge is 0.465 e. The van der Waals surface area contributed by atoms with Gasteiger partial charge in [0.15, 0.2) is 0 Å². The van der Waals surface area contributed by atoms with E-state index in [0.29, 0.717) is 27.5 Å². The van der Waals surface area contributed by atoms with Crippen LogP contribution < -0.4 is 5.32 Å². The Hall–Kier alpha value is -1.63. The molecule has 0 saturated heterocycles. The molecule has 0 unspecified atom stereocenters. The van der Waals surface area contributed by atoms with E-state index in [-0.39, 0.29) is 5.91 Å². The Labute approximate surface area is 113 Å². The van der Waals surface area contributed by atoms with Crippen molar-refractivity contribution in [2.45, 2.75) is 20.8 Å². The minimum Gasteiger partial charge on any atom is -0.465 e. The zero-order valence-corrected chi connectivity index (χ0v) is 12.1. The second kappa shape index (κ2) is 4.56. The number of hydrogen-bond donors (Lipinski definition) is 1. The van der Waals surface area contributed by atoms with Crippen LogP contribution in [0.5, 0.6) is 0 Å². The summed E-state index contributed by atoms with van der Waals surface area (Å²) in [6.45, 7) is 5.35. The molecule has 96 valence electrons. The van der Waals surface area contributed by atoms with Crippen molar-refractivity contribution in [3.05, 3.63) is 27.4 Å². The number of anilines is 1. The first-order chi connectivity index (χ1) is 8.41. The van der Waals surface area contributed by atoms with E-state index in [0.717, 1.165) is 5.82 Å². The number of aryl methyl sites for hydroxylation is 3. The van der Waals surface area contributed by atoms with Gasteiger partial charge in [-0.15, -0.1) is 10.2 Å². The van der Waals surface area contributed by atoms with Gasteiger partial charge >= 0.3 is 0 Å². The van der Waals surface area contributed by atoms with E-state index in [9.17, 15) is 4.79 Å². The Kier molecular flexibility index (Phi) is 3.25. The van der Waals surface area contributed by atoms with Crippen molar-refractivity contribution in [3.8, 4) is 0 Å². The number of nitrogens with zero attached hydrogens (tertiary/aromatic N) is 3. The summed E-state index contributed by atoms with van der Waals surface area (Å²) in [5, 5.41) is 10.5. The molecular formula is C11H13BrN4O2. The Balaban J connectivity index is 2.30. The molecule has 2 rings (SSSR count). The van der Waals surface area contributed by atoms with Crippen LogP contribution in [0.1, 0.15) is 27.7 Å². The molecule has 0 bridgehead atoms. The van der Waals surface area contributed by atoms with Crippen molar-refractivity contribution >= 4 is 27.8 Å². The molecule has 0 aliphatic heterocycles. The lowest BCUT2D eigenvalue weighted by atomic mass is 10.2. The molecule has 0 spiro atoms. The second-order valence-corrected chi connectivity index (χ2v) is 4.78. The van der Waals surface area contributed by atoms with Gasteiger partial charge in [-0.2, -0.15) is 0 Å². The normalized spacial score (nSPS) is 10.7. The number of hydrogen-bond acceptors (Lipinski definition) is 4. The maximum absolute atomic E-state index is 12.1. The summed E-state index contributed by atoms with van der Waals surface area (Å²) in [7, 11) is 1.79. The SMILES string of the molecule is Cc1oc(C)c(C(=O)Nc2nnc(C)n2C)c1Br. The molecule has 0 aliphatic carbocycles. The third-order valence-electron chi connectivity index (χ3n) is 2.73. The summed E-state index contributed by atoms with van der Waals surface area (Å²) in [6.07, 6.45) is 0. The van der Waals surface area contributed by atoms with E-state index in [1.165, 1.54) is 0 Å². The Morgan fingerprint density at radius 3 is 2.39 bits per heavy atom. The molecule has 0 fully saturated rings. The highest BCUT2D eigenvalue weighted by molar-refractivity contribution is 9.10. The molecule has 0 atom stereocenters. The van der Waals surface area contributed by atoms with Crippen LogP contribution in [-0.2, 0) is 7.05 Å². The summed E-state index contributed by atoms with van der Waals surface area (Å²) in [6, 6.07) is 0. The van der Waals surface area contributed by atoms with Crippen molar-refractivity contribution in [1.29, 1.82) is 0 Å². The first-order valence-electron chi connectivity index (χ1n) is 5.34. The first-order valence-corrected chi connectivity index (χ1v) is 6.14. The predicted octanol–water partition coefficient (Wildman–Crippen LogP) is 2.35. The standard InChI is InChI=1S/C11H13BrN4O2/c1-5-8(9(12)6(2)18-5)10(17)13-11-15-14-7(3)16(11)4/h1-4H3,(H,13,15,17). The van der Waals surface area contributed by atoms with Crippen LogP contribution in [0.3, 0.4) is 0 Å². The summed E-state index contributed by atoms with van der Waals surface area (Å²) < 4.78 is 7.75. The van der Waals surface area contributed by atoms with Crippen LogP contribution in [0.25, 0.3) is 0 Å². The van der Waals surface area contributed by atoms with Gasteiger partial charge in [0.2, 0.25) is 5.95 Å². The number of nitrogens with one attached hydrogen (secondary N) is 1.